The Morgan fingerprint density at radius 2 is 1.78 bits per heavy atom. The topological polar surface area (TPSA) is 106 Å². The van der Waals surface area contributed by atoms with Gasteiger partial charge in [-0.25, -0.2) is 14.6 Å². The van der Waals surface area contributed by atoms with Gasteiger partial charge in [0, 0.05) is 28.8 Å². The fraction of sp³-hybridized carbons (Fsp3) is 0.370. The standard InChI is InChI=1S/C27H30F2N6O2/c1-16-12-24(32-18(3)31-16)26(4,5)15-35-23-11-8-20(13-22(23)33-34-35)25(37)30-14-19-6-9-21(10-7-19)27(28,29)17(2)36/h6-13,17,36H,14-15H2,1-5H3,(H,30,37)/t17-/m0/s1. The normalized spacial score (nSPS) is 13.1. The van der Waals surface area contributed by atoms with Gasteiger partial charge in [-0.05, 0) is 50.6 Å². The molecule has 0 radical (unpaired) electrons. The molecule has 4 aromatic rings. The van der Waals surface area contributed by atoms with Gasteiger partial charge in [-0.2, -0.15) is 8.78 Å². The van der Waals surface area contributed by atoms with Crippen LogP contribution in [0.25, 0.3) is 11.0 Å². The number of benzene rings is 2. The molecule has 0 aliphatic rings. The van der Waals surface area contributed by atoms with Gasteiger partial charge >= 0.3 is 0 Å². The molecule has 0 saturated carbocycles. The van der Waals surface area contributed by atoms with E-state index in [4.69, 9.17) is 0 Å². The van der Waals surface area contributed by atoms with Crippen molar-refractivity contribution in [1.82, 2.24) is 30.3 Å². The molecule has 37 heavy (non-hydrogen) atoms. The van der Waals surface area contributed by atoms with E-state index in [2.05, 4.69) is 39.4 Å². The van der Waals surface area contributed by atoms with Crippen molar-refractivity contribution in [3.05, 3.63) is 82.4 Å². The number of nitrogens with one attached hydrogen (secondary N) is 1. The van der Waals surface area contributed by atoms with E-state index in [1.54, 1.807) is 16.8 Å². The highest BCUT2D eigenvalue weighted by Crippen LogP contribution is 2.31. The smallest absolute Gasteiger partial charge is 0.298 e. The van der Waals surface area contributed by atoms with Crippen molar-refractivity contribution in [1.29, 1.82) is 0 Å². The van der Waals surface area contributed by atoms with Crippen LogP contribution in [0.3, 0.4) is 0 Å². The highest BCUT2D eigenvalue weighted by Gasteiger charge is 2.37. The minimum Gasteiger partial charge on any atom is -0.387 e. The number of aliphatic hydroxyl groups is 1. The molecule has 2 heterocycles. The number of carbonyl (C=O) groups is 1. The second-order valence-corrected chi connectivity index (χ2v) is 9.95. The van der Waals surface area contributed by atoms with Crippen LogP contribution >= 0.6 is 0 Å². The Kier molecular flexibility index (Phi) is 7.05. The molecule has 8 nitrogen and oxygen atoms in total. The molecule has 0 aliphatic carbocycles. The third-order valence-corrected chi connectivity index (χ3v) is 6.30. The average molecular weight is 509 g/mol. The molecular formula is C27H30F2N6O2. The summed E-state index contributed by atoms with van der Waals surface area (Å²) in [5, 5.41) is 20.6. The third-order valence-electron chi connectivity index (χ3n) is 6.30. The summed E-state index contributed by atoms with van der Waals surface area (Å²) in [6.45, 7) is 9.73. The minimum atomic E-state index is -3.34. The summed E-state index contributed by atoms with van der Waals surface area (Å²) in [6.07, 6.45) is -1.79. The first-order valence-corrected chi connectivity index (χ1v) is 12.0. The van der Waals surface area contributed by atoms with Gasteiger partial charge in [-0.3, -0.25) is 4.79 Å². The van der Waals surface area contributed by atoms with Crippen LogP contribution in [0, 0.1) is 13.8 Å². The lowest BCUT2D eigenvalue weighted by Crippen LogP contribution is -2.28. The van der Waals surface area contributed by atoms with Gasteiger partial charge in [-0.15, -0.1) is 5.10 Å². The molecule has 10 heteroatoms. The SMILES string of the molecule is Cc1cc(C(C)(C)Cn2nnc3cc(C(=O)NCc4ccc(C(F)(F)[C@H](C)O)cc4)ccc32)nc(C)n1. The molecule has 2 aromatic heterocycles. The second-order valence-electron chi connectivity index (χ2n) is 9.95. The van der Waals surface area contributed by atoms with Crippen molar-refractivity contribution in [3.8, 4) is 0 Å². The van der Waals surface area contributed by atoms with E-state index in [0.717, 1.165) is 29.7 Å². The van der Waals surface area contributed by atoms with Crippen LogP contribution in [0.5, 0.6) is 0 Å². The average Bonchev–Trinajstić information content (AvgIpc) is 3.23. The van der Waals surface area contributed by atoms with Crippen LogP contribution in [-0.4, -0.2) is 42.1 Å². The predicted molar refractivity (Wildman–Crippen MR) is 135 cm³/mol. The van der Waals surface area contributed by atoms with Crippen LogP contribution in [-0.2, 0) is 24.4 Å². The first-order chi connectivity index (χ1) is 17.4. The lowest BCUT2D eigenvalue weighted by molar-refractivity contribution is -0.106. The third kappa shape index (κ3) is 5.64. The zero-order valence-electron chi connectivity index (χ0n) is 21.5. The number of fused-ring (bicyclic) bond motifs is 1. The maximum Gasteiger partial charge on any atom is 0.298 e. The molecule has 1 atom stereocenters. The van der Waals surface area contributed by atoms with Gasteiger partial charge < -0.3 is 10.4 Å². The van der Waals surface area contributed by atoms with E-state index >= 15 is 0 Å². The van der Waals surface area contributed by atoms with Gasteiger partial charge in [0.25, 0.3) is 11.8 Å². The monoisotopic (exact) mass is 508 g/mol. The molecule has 0 aliphatic heterocycles. The summed E-state index contributed by atoms with van der Waals surface area (Å²) in [5.74, 6) is -2.94. The summed E-state index contributed by atoms with van der Waals surface area (Å²) in [5.41, 5.74) is 3.66. The molecule has 4 rings (SSSR count). The van der Waals surface area contributed by atoms with Crippen LogP contribution < -0.4 is 5.32 Å². The van der Waals surface area contributed by atoms with Crippen LogP contribution in [0.1, 0.15) is 59.5 Å². The Morgan fingerprint density at radius 1 is 1.08 bits per heavy atom. The molecule has 0 fully saturated rings. The van der Waals surface area contributed by atoms with Crippen molar-refractivity contribution >= 4 is 16.9 Å². The van der Waals surface area contributed by atoms with E-state index in [1.165, 1.54) is 24.3 Å². The number of aromatic nitrogens is 5. The van der Waals surface area contributed by atoms with E-state index in [0.29, 0.717) is 23.2 Å². The number of amides is 1. The van der Waals surface area contributed by atoms with E-state index in [-0.39, 0.29) is 23.4 Å². The number of alkyl halides is 2. The Bertz CT molecular complexity index is 1410. The minimum absolute atomic E-state index is 0.163. The van der Waals surface area contributed by atoms with Crippen molar-refractivity contribution in [3.63, 3.8) is 0 Å². The molecule has 0 saturated heterocycles. The van der Waals surface area contributed by atoms with E-state index in [1.807, 2.05) is 26.0 Å². The van der Waals surface area contributed by atoms with Crippen molar-refractivity contribution in [2.45, 2.75) is 65.1 Å². The van der Waals surface area contributed by atoms with Crippen molar-refractivity contribution in [2.75, 3.05) is 0 Å². The Labute approximate surface area is 213 Å². The zero-order valence-corrected chi connectivity index (χ0v) is 21.5. The maximum absolute atomic E-state index is 13.9. The van der Waals surface area contributed by atoms with Crippen LogP contribution in [0.4, 0.5) is 8.78 Å². The highest BCUT2D eigenvalue weighted by atomic mass is 19.3. The highest BCUT2D eigenvalue weighted by molar-refractivity contribution is 5.97. The number of hydrogen-bond acceptors (Lipinski definition) is 6. The van der Waals surface area contributed by atoms with Gasteiger partial charge in [0.1, 0.15) is 17.4 Å². The molecule has 0 spiro atoms. The lowest BCUT2D eigenvalue weighted by atomic mass is 9.88. The molecule has 0 unspecified atom stereocenters. The number of halogens is 2. The lowest BCUT2D eigenvalue weighted by Gasteiger charge is -2.24. The van der Waals surface area contributed by atoms with Gasteiger partial charge in [0.15, 0.2) is 0 Å². The molecule has 194 valence electrons. The Balaban J connectivity index is 1.45. The maximum atomic E-state index is 13.9. The summed E-state index contributed by atoms with van der Waals surface area (Å²) < 4.78 is 29.7. The predicted octanol–water partition coefficient (Wildman–Crippen LogP) is 4.22. The first-order valence-electron chi connectivity index (χ1n) is 12.0. The molecule has 2 aromatic carbocycles. The number of aryl methyl sites for hydroxylation is 2. The summed E-state index contributed by atoms with van der Waals surface area (Å²) in [4.78, 5) is 21.7. The zero-order chi connectivity index (χ0) is 27.0. The fourth-order valence-electron chi connectivity index (χ4n) is 4.12. The number of hydrogen-bond donors (Lipinski definition) is 2. The summed E-state index contributed by atoms with van der Waals surface area (Å²) in [7, 11) is 0. The second kappa shape index (κ2) is 9.93. The number of aliphatic hydroxyl groups excluding tert-OH is 1. The molecule has 0 bridgehead atoms. The van der Waals surface area contributed by atoms with Gasteiger partial charge in [0.2, 0.25) is 0 Å². The quantitative estimate of drug-likeness (QED) is 0.369. The Morgan fingerprint density at radius 3 is 2.43 bits per heavy atom. The van der Waals surface area contributed by atoms with Gasteiger partial charge in [-0.1, -0.05) is 43.3 Å². The Hall–Kier alpha value is -3.79. The number of nitrogens with zero attached hydrogens (tertiary/aromatic N) is 5. The van der Waals surface area contributed by atoms with Gasteiger partial charge in [0.05, 0.1) is 17.8 Å². The summed E-state index contributed by atoms with van der Waals surface area (Å²) >= 11 is 0. The molecular weight excluding hydrogens is 478 g/mol. The number of rotatable bonds is 8. The van der Waals surface area contributed by atoms with Crippen LogP contribution in [0.2, 0.25) is 0 Å². The van der Waals surface area contributed by atoms with Crippen LogP contribution in [0.15, 0.2) is 48.5 Å². The molecule has 2 N–H and O–H groups in total. The van der Waals surface area contributed by atoms with Crippen molar-refractivity contribution in [2.24, 2.45) is 0 Å². The first kappa shape index (κ1) is 26.3. The van der Waals surface area contributed by atoms with E-state index in [9.17, 15) is 18.7 Å². The fourth-order valence-corrected chi connectivity index (χ4v) is 4.12. The largest absolute Gasteiger partial charge is 0.387 e. The van der Waals surface area contributed by atoms with E-state index < -0.39 is 12.0 Å². The van der Waals surface area contributed by atoms with Crippen molar-refractivity contribution < 1.29 is 18.7 Å². The number of carbonyl (C=O) groups excluding carboxylic acids is 1. The summed E-state index contributed by atoms with van der Waals surface area (Å²) in [6, 6.07) is 12.7. The molecule has 1 amide bonds.